The van der Waals surface area contributed by atoms with Crippen molar-refractivity contribution in [2.45, 2.75) is 64.6 Å². The van der Waals surface area contributed by atoms with Gasteiger partial charge in [-0.3, -0.25) is 4.79 Å². The van der Waals surface area contributed by atoms with Gasteiger partial charge in [0.25, 0.3) is 0 Å². The molecule has 0 saturated heterocycles. The van der Waals surface area contributed by atoms with E-state index in [1.54, 1.807) is 18.2 Å². The molecule has 182 valence electrons. The molecule has 0 bridgehead atoms. The van der Waals surface area contributed by atoms with E-state index in [0.29, 0.717) is 23.4 Å². The van der Waals surface area contributed by atoms with Crippen LogP contribution in [0.4, 0.5) is 0 Å². The van der Waals surface area contributed by atoms with Gasteiger partial charge in [-0.15, -0.1) is 0 Å². The number of aliphatic hydroxyl groups excluding tert-OH is 2. The standard InChI is InChI=1S/C27H39NO5/c1-21(30)33-26-14-13-22(17-23(26)19-29)25(31)18-28-15-9-4-5-10-16-32-20-27(2,3)24-11-7-6-8-12-24/h6-8,11-14,17,25,28-29,31H,4-5,9-10,15-16,18-20H2,1-3H3/t25-/m0/s1. The minimum Gasteiger partial charge on any atom is -0.426 e. The first-order valence-corrected chi connectivity index (χ1v) is 11.8. The van der Waals surface area contributed by atoms with Crippen LogP contribution in [0.25, 0.3) is 0 Å². The van der Waals surface area contributed by atoms with Crippen LogP contribution in [-0.4, -0.2) is 42.5 Å². The van der Waals surface area contributed by atoms with Gasteiger partial charge in [-0.1, -0.05) is 63.1 Å². The quantitative estimate of drug-likeness (QED) is 0.210. The van der Waals surface area contributed by atoms with E-state index in [1.807, 2.05) is 6.07 Å². The van der Waals surface area contributed by atoms with Crippen LogP contribution >= 0.6 is 0 Å². The Hall–Kier alpha value is -2.25. The molecule has 0 aliphatic rings. The molecule has 0 saturated carbocycles. The summed E-state index contributed by atoms with van der Waals surface area (Å²) < 4.78 is 11.0. The number of aliphatic hydroxyl groups is 2. The smallest absolute Gasteiger partial charge is 0.308 e. The molecule has 0 aliphatic heterocycles. The molecule has 6 heteroatoms. The zero-order valence-electron chi connectivity index (χ0n) is 20.2. The molecule has 0 radical (unpaired) electrons. The number of ether oxygens (including phenoxy) is 2. The number of benzene rings is 2. The first-order valence-electron chi connectivity index (χ1n) is 11.8. The summed E-state index contributed by atoms with van der Waals surface area (Å²) in [5.74, 6) is -0.122. The van der Waals surface area contributed by atoms with Gasteiger partial charge < -0.3 is 25.0 Å². The summed E-state index contributed by atoms with van der Waals surface area (Å²) >= 11 is 0. The maximum Gasteiger partial charge on any atom is 0.308 e. The molecule has 2 aromatic carbocycles. The molecule has 0 spiro atoms. The largest absolute Gasteiger partial charge is 0.426 e. The van der Waals surface area contributed by atoms with Gasteiger partial charge in [0.05, 0.1) is 19.3 Å². The van der Waals surface area contributed by atoms with Crippen molar-refractivity contribution in [2.24, 2.45) is 0 Å². The van der Waals surface area contributed by atoms with Gasteiger partial charge in [-0.25, -0.2) is 0 Å². The van der Waals surface area contributed by atoms with E-state index < -0.39 is 12.1 Å². The van der Waals surface area contributed by atoms with Crippen molar-refractivity contribution in [2.75, 3.05) is 26.3 Å². The third kappa shape index (κ3) is 9.64. The third-order valence-corrected chi connectivity index (χ3v) is 5.64. The Bertz CT molecular complexity index is 838. The highest BCUT2D eigenvalue weighted by molar-refractivity contribution is 5.69. The Labute approximate surface area is 197 Å². The fraction of sp³-hybridized carbons (Fsp3) is 0.519. The minimum absolute atomic E-state index is 0.0186. The summed E-state index contributed by atoms with van der Waals surface area (Å²) in [6, 6.07) is 15.5. The van der Waals surface area contributed by atoms with Crippen molar-refractivity contribution in [1.82, 2.24) is 5.32 Å². The summed E-state index contributed by atoms with van der Waals surface area (Å²) in [7, 11) is 0. The molecular weight excluding hydrogens is 418 g/mol. The number of unbranched alkanes of at least 4 members (excludes halogenated alkanes) is 3. The number of hydrogen-bond donors (Lipinski definition) is 3. The van der Waals surface area contributed by atoms with Crippen LogP contribution < -0.4 is 10.1 Å². The maximum atomic E-state index is 11.1. The minimum atomic E-state index is -0.692. The van der Waals surface area contributed by atoms with E-state index in [-0.39, 0.29) is 12.0 Å². The second-order valence-electron chi connectivity index (χ2n) is 9.06. The van der Waals surface area contributed by atoms with Crippen molar-refractivity contribution in [1.29, 1.82) is 0 Å². The Kier molecular flexibility index (Phi) is 11.5. The number of nitrogens with one attached hydrogen (secondary N) is 1. The van der Waals surface area contributed by atoms with Crippen LogP contribution in [0.2, 0.25) is 0 Å². The monoisotopic (exact) mass is 457 g/mol. The van der Waals surface area contributed by atoms with Crippen LogP contribution in [0.3, 0.4) is 0 Å². The Morgan fingerprint density at radius 1 is 1.06 bits per heavy atom. The highest BCUT2D eigenvalue weighted by Crippen LogP contribution is 2.24. The lowest BCUT2D eigenvalue weighted by Crippen LogP contribution is -2.24. The SMILES string of the molecule is CC(=O)Oc1ccc([C@@H](O)CNCCCCCCOCC(C)(C)c2ccccc2)cc1CO. The summed E-state index contributed by atoms with van der Waals surface area (Å²) in [5, 5.41) is 23.2. The molecule has 0 heterocycles. The number of esters is 1. The molecule has 0 fully saturated rings. The Morgan fingerprint density at radius 2 is 1.79 bits per heavy atom. The molecule has 2 rings (SSSR count). The summed E-state index contributed by atoms with van der Waals surface area (Å²) in [5.41, 5.74) is 2.48. The fourth-order valence-electron chi connectivity index (χ4n) is 3.65. The lowest BCUT2D eigenvalue weighted by molar-refractivity contribution is -0.131. The zero-order valence-corrected chi connectivity index (χ0v) is 20.2. The van der Waals surface area contributed by atoms with Gasteiger partial charge >= 0.3 is 5.97 Å². The van der Waals surface area contributed by atoms with Crippen molar-refractivity contribution in [3.63, 3.8) is 0 Å². The fourth-order valence-corrected chi connectivity index (χ4v) is 3.65. The average Bonchev–Trinajstić information content (AvgIpc) is 2.80. The van der Waals surface area contributed by atoms with Crippen LogP contribution in [0.1, 0.15) is 69.2 Å². The van der Waals surface area contributed by atoms with E-state index in [0.717, 1.165) is 45.4 Å². The molecule has 2 aromatic rings. The predicted molar refractivity (Wildman–Crippen MR) is 130 cm³/mol. The molecule has 6 nitrogen and oxygen atoms in total. The number of rotatable bonds is 15. The molecular formula is C27H39NO5. The van der Waals surface area contributed by atoms with Crippen molar-refractivity contribution >= 4 is 5.97 Å². The summed E-state index contributed by atoms with van der Waals surface area (Å²) in [6.45, 7) is 8.22. The lowest BCUT2D eigenvalue weighted by Gasteiger charge is -2.25. The zero-order chi connectivity index (χ0) is 24.1. The van der Waals surface area contributed by atoms with Crippen LogP contribution in [0.15, 0.2) is 48.5 Å². The maximum absolute atomic E-state index is 11.1. The van der Waals surface area contributed by atoms with Crippen LogP contribution in [0, 0.1) is 0 Å². The van der Waals surface area contributed by atoms with Gasteiger partial charge in [0.2, 0.25) is 0 Å². The van der Waals surface area contributed by atoms with E-state index in [1.165, 1.54) is 12.5 Å². The van der Waals surface area contributed by atoms with Crippen LogP contribution in [0.5, 0.6) is 5.75 Å². The molecule has 0 unspecified atom stereocenters. The first-order chi connectivity index (χ1) is 15.8. The summed E-state index contributed by atoms with van der Waals surface area (Å²) in [4.78, 5) is 11.1. The highest BCUT2D eigenvalue weighted by Gasteiger charge is 2.20. The van der Waals surface area contributed by atoms with Crippen molar-refractivity contribution in [3.8, 4) is 5.75 Å². The van der Waals surface area contributed by atoms with Crippen LogP contribution in [-0.2, 0) is 21.6 Å². The summed E-state index contributed by atoms with van der Waals surface area (Å²) in [6.07, 6.45) is 3.62. The number of carbonyl (C=O) groups is 1. The van der Waals surface area contributed by atoms with Crippen molar-refractivity contribution in [3.05, 3.63) is 65.2 Å². The predicted octanol–water partition coefficient (Wildman–Crippen LogP) is 4.28. The van der Waals surface area contributed by atoms with E-state index in [9.17, 15) is 15.0 Å². The number of hydrogen-bond acceptors (Lipinski definition) is 6. The van der Waals surface area contributed by atoms with E-state index in [4.69, 9.17) is 9.47 Å². The van der Waals surface area contributed by atoms with Gasteiger partial charge in [-0.05, 0) is 42.6 Å². The Balaban J connectivity index is 1.55. The second kappa shape index (κ2) is 14.1. The van der Waals surface area contributed by atoms with Gasteiger partial charge in [-0.2, -0.15) is 0 Å². The number of carbonyl (C=O) groups excluding carboxylic acids is 1. The van der Waals surface area contributed by atoms with Gasteiger partial charge in [0.15, 0.2) is 0 Å². The van der Waals surface area contributed by atoms with Gasteiger partial charge in [0, 0.05) is 31.1 Å². The molecule has 0 aromatic heterocycles. The highest BCUT2D eigenvalue weighted by atomic mass is 16.5. The normalized spacial score (nSPS) is 12.5. The molecule has 0 amide bonds. The molecule has 3 N–H and O–H groups in total. The molecule has 33 heavy (non-hydrogen) atoms. The molecule has 0 aliphatic carbocycles. The third-order valence-electron chi connectivity index (χ3n) is 5.64. The Morgan fingerprint density at radius 3 is 2.48 bits per heavy atom. The molecule has 1 atom stereocenters. The van der Waals surface area contributed by atoms with Crippen molar-refractivity contribution < 1.29 is 24.5 Å². The first kappa shape index (κ1) is 27.0. The second-order valence-corrected chi connectivity index (χ2v) is 9.06. The lowest BCUT2D eigenvalue weighted by atomic mass is 9.86. The average molecular weight is 458 g/mol. The van der Waals surface area contributed by atoms with Gasteiger partial charge in [0.1, 0.15) is 5.75 Å². The topological polar surface area (TPSA) is 88.0 Å². The van der Waals surface area contributed by atoms with E-state index >= 15 is 0 Å². The van der Waals surface area contributed by atoms with E-state index in [2.05, 4.69) is 43.4 Å².